The van der Waals surface area contributed by atoms with E-state index in [4.69, 9.17) is 15.0 Å². The minimum absolute atomic E-state index is 0.000256. The van der Waals surface area contributed by atoms with E-state index in [1.807, 2.05) is 0 Å². The van der Waals surface area contributed by atoms with Crippen LogP contribution in [-0.2, 0) is 14.1 Å². The number of nitrogens with two attached hydrogens (primary N) is 2. The molecule has 0 aromatic heterocycles. The molecular formula is C18H36BN3O3. The average Bonchev–Trinajstić information content (AvgIpc) is 2.92. The third kappa shape index (κ3) is 3.61. The van der Waals surface area contributed by atoms with Crippen molar-refractivity contribution in [2.45, 2.75) is 71.5 Å². The maximum absolute atomic E-state index is 11.8. The molecule has 1 aliphatic heterocycles. The van der Waals surface area contributed by atoms with Gasteiger partial charge in [0.1, 0.15) is 0 Å². The summed E-state index contributed by atoms with van der Waals surface area (Å²) in [6.07, 6.45) is 3.28. The normalized spacial score (nSPS) is 36.0. The lowest BCUT2D eigenvalue weighted by molar-refractivity contribution is -0.199. The fraction of sp³-hybridized carbons (Fsp3) is 0.944. The molecule has 0 aromatic carbocycles. The average molecular weight is 353 g/mol. The van der Waals surface area contributed by atoms with Crippen molar-refractivity contribution in [1.82, 2.24) is 5.32 Å². The van der Waals surface area contributed by atoms with Crippen LogP contribution in [0, 0.1) is 23.2 Å². The minimum atomic E-state index is -0.363. The zero-order chi connectivity index (χ0) is 19.0. The second kappa shape index (κ2) is 7.55. The fourth-order valence-electron chi connectivity index (χ4n) is 5.08. The van der Waals surface area contributed by atoms with Crippen molar-refractivity contribution in [3.63, 3.8) is 0 Å². The lowest BCUT2D eigenvalue weighted by atomic mass is 9.43. The van der Waals surface area contributed by atoms with Crippen molar-refractivity contribution < 1.29 is 14.1 Å². The number of hydrogen-bond acceptors (Lipinski definition) is 5. The SMILES string of the molecule is CC(C)CC(NC(=O)CN)B1OC2CC3CC(C3(C)C)[C@]2(C)O1.CN. The van der Waals surface area contributed by atoms with E-state index >= 15 is 0 Å². The molecule has 0 aromatic rings. The van der Waals surface area contributed by atoms with Crippen molar-refractivity contribution in [2.24, 2.45) is 34.6 Å². The molecule has 5 atom stereocenters. The molecule has 4 fully saturated rings. The summed E-state index contributed by atoms with van der Waals surface area (Å²) in [5.74, 6) is 1.44. The Kier molecular flexibility index (Phi) is 6.24. The van der Waals surface area contributed by atoms with E-state index in [-0.39, 0.29) is 37.2 Å². The van der Waals surface area contributed by atoms with Crippen LogP contribution in [0.1, 0.15) is 53.9 Å². The number of rotatable bonds is 5. The smallest absolute Gasteiger partial charge is 0.404 e. The van der Waals surface area contributed by atoms with Crippen LogP contribution >= 0.6 is 0 Å². The molecule has 25 heavy (non-hydrogen) atoms. The Labute approximate surface area is 152 Å². The Bertz CT molecular complexity index is 488. The van der Waals surface area contributed by atoms with E-state index in [1.165, 1.54) is 13.5 Å². The van der Waals surface area contributed by atoms with Crippen LogP contribution in [0.4, 0.5) is 0 Å². The number of hydrogen-bond donors (Lipinski definition) is 3. The number of nitrogens with one attached hydrogen (secondary N) is 1. The summed E-state index contributed by atoms with van der Waals surface area (Å²) in [6, 6.07) is 0. The van der Waals surface area contributed by atoms with Gasteiger partial charge < -0.3 is 26.1 Å². The third-order valence-corrected chi connectivity index (χ3v) is 6.55. The summed E-state index contributed by atoms with van der Waals surface area (Å²) in [7, 11) is 1.14. The van der Waals surface area contributed by atoms with E-state index in [9.17, 15) is 4.79 Å². The molecule has 3 aliphatic carbocycles. The molecule has 1 heterocycles. The largest absolute Gasteiger partial charge is 0.481 e. The first-order valence-corrected chi connectivity index (χ1v) is 9.59. The summed E-state index contributed by atoms with van der Waals surface area (Å²) in [5, 5.41) is 3.00. The highest BCUT2D eigenvalue weighted by Gasteiger charge is 2.68. The minimum Gasteiger partial charge on any atom is -0.404 e. The molecular weight excluding hydrogens is 317 g/mol. The highest BCUT2D eigenvalue weighted by Crippen LogP contribution is 2.65. The maximum Gasteiger partial charge on any atom is 0.481 e. The van der Waals surface area contributed by atoms with Gasteiger partial charge in [0.25, 0.3) is 0 Å². The molecule has 6 nitrogen and oxygen atoms in total. The molecule has 4 rings (SSSR count). The lowest BCUT2D eigenvalue weighted by Crippen LogP contribution is -2.65. The molecule has 7 heteroatoms. The Balaban J connectivity index is 0.00000109. The summed E-state index contributed by atoms with van der Waals surface area (Å²) < 4.78 is 12.8. The van der Waals surface area contributed by atoms with Crippen LogP contribution in [0.25, 0.3) is 0 Å². The van der Waals surface area contributed by atoms with Crippen LogP contribution in [0.2, 0.25) is 0 Å². The van der Waals surface area contributed by atoms with E-state index in [0.717, 1.165) is 18.8 Å². The van der Waals surface area contributed by atoms with Crippen molar-refractivity contribution in [3.8, 4) is 0 Å². The summed E-state index contributed by atoms with van der Waals surface area (Å²) in [5.41, 5.74) is 10.1. The first-order chi connectivity index (χ1) is 11.7. The zero-order valence-electron chi connectivity index (χ0n) is 16.7. The second-order valence-corrected chi connectivity index (χ2v) is 8.84. The number of carbonyl (C=O) groups excluding carboxylic acids is 1. The highest BCUT2D eigenvalue weighted by molar-refractivity contribution is 6.47. The monoisotopic (exact) mass is 353 g/mol. The van der Waals surface area contributed by atoms with Gasteiger partial charge in [-0.05, 0) is 56.4 Å². The van der Waals surface area contributed by atoms with Gasteiger partial charge in [-0.3, -0.25) is 4.79 Å². The number of amides is 1. The van der Waals surface area contributed by atoms with Crippen LogP contribution in [0.15, 0.2) is 0 Å². The molecule has 0 radical (unpaired) electrons. The van der Waals surface area contributed by atoms with E-state index < -0.39 is 0 Å². The molecule has 4 unspecified atom stereocenters. The predicted molar refractivity (Wildman–Crippen MR) is 101 cm³/mol. The van der Waals surface area contributed by atoms with Crippen LogP contribution in [0.5, 0.6) is 0 Å². The third-order valence-electron chi connectivity index (χ3n) is 6.55. The van der Waals surface area contributed by atoms with Crippen molar-refractivity contribution >= 4 is 13.0 Å². The molecule has 1 amide bonds. The number of carbonyl (C=O) groups is 1. The molecule has 5 N–H and O–H groups in total. The van der Waals surface area contributed by atoms with Gasteiger partial charge in [0.05, 0.1) is 24.2 Å². The zero-order valence-corrected chi connectivity index (χ0v) is 16.7. The van der Waals surface area contributed by atoms with Gasteiger partial charge in [-0.15, -0.1) is 0 Å². The topological polar surface area (TPSA) is 99.6 Å². The molecule has 2 bridgehead atoms. The molecule has 0 spiro atoms. The highest BCUT2D eigenvalue weighted by atomic mass is 16.7. The molecule has 4 aliphatic rings. The summed E-state index contributed by atoms with van der Waals surface area (Å²) >= 11 is 0. The van der Waals surface area contributed by atoms with Crippen molar-refractivity contribution in [3.05, 3.63) is 0 Å². The fourth-order valence-corrected chi connectivity index (χ4v) is 5.08. The molecule has 144 valence electrons. The van der Waals surface area contributed by atoms with E-state index in [1.54, 1.807) is 0 Å². The molecule has 1 saturated heterocycles. The van der Waals surface area contributed by atoms with E-state index in [2.05, 4.69) is 45.7 Å². The maximum atomic E-state index is 11.8. The van der Waals surface area contributed by atoms with Crippen molar-refractivity contribution in [1.29, 1.82) is 0 Å². The van der Waals surface area contributed by atoms with E-state index in [0.29, 0.717) is 17.3 Å². The van der Waals surface area contributed by atoms with Crippen LogP contribution < -0.4 is 16.8 Å². The van der Waals surface area contributed by atoms with Gasteiger partial charge in [-0.2, -0.15) is 0 Å². The van der Waals surface area contributed by atoms with Gasteiger partial charge in [0.15, 0.2) is 0 Å². The quantitative estimate of drug-likeness (QED) is 0.648. The predicted octanol–water partition coefficient (Wildman–Crippen LogP) is 1.32. The Hall–Kier alpha value is -0.625. The van der Waals surface area contributed by atoms with Crippen LogP contribution in [0.3, 0.4) is 0 Å². The first-order valence-electron chi connectivity index (χ1n) is 9.59. The Morgan fingerprint density at radius 2 is 1.92 bits per heavy atom. The van der Waals surface area contributed by atoms with Gasteiger partial charge in [-0.1, -0.05) is 27.7 Å². The van der Waals surface area contributed by atoms with Gasteiger partial charge in [0.2, 0.25) is 5.91 Å². The standard InChI is InChI=1S/C17H31BN2O3.CH5N/c1-10(2)6-14(20-15(21)9-19)18-22-13-8-11-7-12(16(11,3)4)17(13,5)23-18;1-2/h10-14H,6-9,19H2,1-5H3,(H,20,21);2H2,1H3/t11?,12?,13?,14?,17-;/m0./s1. The van der Waals surface area contributed by atoms with Crippen molar-refractivity contribution in [2.75, 3.05) is 13.6 Å². The Morgan fingerprint density at radius 1 is 1.28 bits per heavy atom. The van der Waals surface area contributed by atoms with Gasteiger partial charge in [0, 0.05) is 0 Å². The van der Waals surface area contributed by atoms with Gasteiger partial charge in [-0.25, -0.2) is 0 Å². The molecule has 3 saturated carbocycles. The second-order valence-electron chi connectivity index (χ2n) is 8.84. The summed E-state index contributed by atoms with van der Waals surface area (Å²) in [4.78, 5) is 11.8. The van der Waals surface area contributed by atoms with Gasteiger partial charge >= 0.3 is 7.12 Å². The summed E-state index contributed by atoms with van der Waals surface area (Å²) in [6.45, 7) is 11.2. The van der Waals surface area contributed by atoms with Crippen LogP contribution in [-0.4, -0.2) is 44.3 Å². The Morgan fingerprint density at radius 3 is 2.44 bits per heavy atom. The first kappa shape index (κ1) is 20.7. The lowest BCUT2D eigenvalue weighted by Gasteiger charge is -2.64.